The standard InChI is InChI=1S/C26H37N3O6S/c1-8-19(3)27-26(31)20(4)28(16-21-11-9-10-18(2)14-21)25(30)17-29(36(7,32)33)23-13-12-22(34-5)15-24(23)35-6/h9-15,19-20H,8,16-17H2,1-7H3,(H,27,31)/t19-,20+/m1/s1. The predicted octanol–water partition coefficient (Wildman–Crippen LogP) is 3.11. The number of sulfonamides is 1. The summed E-state index contributed by atoms with van der Waals surface area (Å²) in [6.45, 7) is 7.07. The molecule has 0 aliphatic heterocycles. The maximum absolute atomic E-state index is 13.7. The van der Waals surface area contributed by atoms with Gasteiger partial charge in [-0.1, -0.05) is 36.8 Å². The van der Waals surface area contributed by atoms with E-state index in [0.29, 0.717) is 5.75 Å². The summed E-state index contributed by atoms with van der Waals surface area (Å²) < 4.78 is 37.2. The molecule has 2 atom stereocenters. The highest BCUT2D eigenvalue weighted by Crippen LogP contribution is 2.33. The van der Waals surface area contributed by atoms with Crippen molar-refractivity contribution in [3.63, 3.8) is 0 Å². The Kier molecular flexibility index (Phi) is 10.2. The molecule has 2 rings (SSSR count). The quantitative estimate of drug-likeness (QED) is 0.462. The normalized spacial score (nSPS) is 12.9. The molecule has 0 fully saturated rings. The number of carbonyl (C=O) groups excluding carboxylic acids is 2. The molecule has 0 aliphatic carbocycles. The van der Waals surface area contributed by atoms with E-state index < -0.39 is 28.5 Å². The van der Waals surface area contributed by atoms with Gasteiger partial charge in [-0.2, -0.15) is 0 Å². The number of aryl methyl sites for hydroxylation is 1. The lowest BCUT2D eigenvalue weighted by molar-refractivity contribution is -0.139. The number of nitrogens with one attached hydrogen (secondary N) is 1. The predicted molar refractivity (Wildman–Crippen MR) is 141 cm³/mol. The van der Waals surface area contributed by atoms with E-state index in [0.717, 1.165) is 28.1 Å². The smallest absolute Gasteiger partial charge is 0.244 e. The first-order chi connectivity index (χ1) is 16.9. The first kappa shape index (κ1) is 29.0. The number of nitrogens with zero attached hydrogens (tertiary/aromatic N) is 2. The molecule has 0 bridgehead atoms. The van der Waals surface area contributed by atoms with Crippen LogP contribution >= 0.6 is 0 Å². The Bertz CT molecular complexity index is 1170. The number of benzene rings is 2. The lowest BCUT2D eigenvalue weighted by Crippen LogP contribution is -2.52. The summed E-state index contributed by atoms with van der Waals surface area (Å²) in [4.78, 5) is 28.0. The molecule has 36 heavy (non-hydrogen) atoms. The molecule has 0 aromatic heterocycles. The first-order valence-corrected chi connectivity index (χ1v) is 13.6. The van der Waals surface area contributed by atoms with E-state index in [1.54, 1.807) is 19.1 Å². The molecule has 10 heteroatoms. The van der Waals surface area contributed by atoms with Crippen molar-refractivity contribution in [2.24, 2.45) is 0 Å². The summed E-state index contributed by atoms with van der Waals surface area (Å²) in [6, 6.07) is 11.4. The van der Waals surface area contributed by atoms with Crippen molar-refractivity contribution in [3.8, 4) is 11.5 Å². The zero-order valence-corrected chi connectivity index (χ0v) is 22.9. The van der Waals surface area contributed by atoms with Crippen molar-refractivity contribution < 1.29 is 27.5 Å². The van der Waals surface area contributed by atoms with Gasteiger partial charge in [0.05, 0.1) is 26.2 Å². The second kappa shape index (κ2) is 12.6. The fraction of sp³-hybridized carbons (Fsp3) is 0.462. The van der Waals surface area contributed by atoms with Gasteiger partial charge < -0.3 is 19.7 Å². The fourth-order valence-corrected chi connectivity index (χ4v) is 4.49. The molecule has 1 N–H and O–H groups in total. The van der Waals surface area contributed by atoms with Gasteiger partial charge in [0.25, 0.3) is 0 Å². The van der Waals surface area contributed by atoms with Crippen molar-refractivity contribution in [1.82, 2.24) is 10.2 Å². The molecule has 2 amide bonds. The van der Waals surface area contributed by atoms with Crippen LogP contribution in [0.5, 0.6) is 11.5 Å². The summed E-state index contributed by atoms with van der Waals surface area (Å²) in [7, 11) is -0.987. The molecule has 0 unspecified atom stereocenters. The SMILES string of the molecule is CC[C@@H](C)NC(=O)[C@H](C)N(Cc1cccc(C)c1)C(=O)CN(c1ccc(OC)cc1OC)S(C)(=O)=O. The van der Waals surface area contributed by atoms with Gasteiger partial charge in [-0.25, -0.2) is 8.42 Å². The van der Waals surface area contributed by atoms with Gasteiger partial charge >= 0.3 is 0 Å². The van der Waals surface area contributed by atoms with Crippen molar-refractivity contribution in [2.75, 3.05) is 31.3 Å². The molecule has 9 nitrogen and oxygen atoms in total. The van der Waals surface area contributed by atoms with Crippen molar-refractivity contribution in [3.05, 3.63) is 53.6 Å². The van der Waals surface area contributed by atoms with Crippen LogP contribution in [-0.2, 0) is 26.2 Å². The van der Waals surface area contributed by atoms with Crippen LogP contribution in [0.2, 0.25) is 0 Å². The molecule has 0 saturated heterocycles. The minimum Gasteiger partial charge on any atom is -0.497 e. The number of rotatable bonds is 12. The summed E-state index contributed by atoms with van der Waals surface area (Å²) in [5.41, 5.74) is 2.04. The Labute approximate surface area is 214 Å². The van der Waals surface area contributed by atoms with E-state index in [-0.39, 0.29) is 29.9 Å². The van der Waals surface area contributed by atoms with Crippen LogP contribution in [0, 0.1) is 6.92 Å². The number of anilines is 1. The maximum atomic E-state index is 13.7. The zero-order valence-electron chi connectivity index (χ0n) is 22.1. The van der Waals surface area contributed by atoms with Gasteiger partial charge in [-0.3, -0.25) is 13.9 Å². The second-order valence-electron chi connectivity index (χ2n) is 8.81. The topological polar surface area (TPSA) is 105 Å². The third-order valence-electron chi connectivity index (χ3n) is 5.94. The Morgan fingerprint density at radius 3 is 2.31 bits per heavy atom. The van der Waals surface area contributed by atoms with E-state index in [1.165, 1.54) is 25.2 Å². The van der Waals surface area contributed by atoms with Crippen LogP contribution in [0.25, 0.3) is 0 Å². The maximum Gasteiger partial charge on any atom is 0.244 e. The van der Waals surface area contributed by atoms with Gasteiger partial charge in [0.15, 0.2) is 0 Å². The van der Waals surface area contributed by atoms with Gasteiger partial charge in [-0.05, 0) is 44.9 Å². The summed E-state index contributed by atoms with van der Waals surface area (Å²) >= 11 is 0. The average molecular weight is 520 g/mol. The van der Waals surface area contributed by atoms with Crippen LogP contribution < -0.4 is 19.1 Å². The highest BCUT2D eigenvalue weighted by molar-refractivity contribution is 7.92. The lowest BCUT2D eigenvalue weighted by Gasteiger charge is -2.32. The van der Waals surface area contributed by atoms with Gasteiger partial charge in [0.2, 0.25) is 21.8 Å². The number of hydrogen-bond donors (Lipinski definition) is 1. The minimum absolute atomic E-state index is 0.0630. The minimum atomic E-state index is -3.88. The molecular formula is C26H37N3O6S. The number of amides is 2. The molecule has 0 spiro atoms. The third kappa shape index (κ3) is 7.61. The zero-order chi connectivity index (χ0) is 27.0. The van der Waals surface area contributed by atoms with Crippen LogP contribution in [0.15, 0.2) is 42.5 Å². The van der Waals surface area contributed by atoms with E-state index in [1.807, 2.05) is 45.0 Å². The first-order valence-electron chi connectivity index (χ1n) is 11.8. The Hall–Kier alpha value is -3.27. The van der Waals surface area contributed by atoms with Gasteiger partial charge in [-0.15, -0.1) is 0 Å². The molecule has 0 aliphatic rings. The van der Waals surface area contributed by atoms with Gasteiger partial charge in [0, 0.05) is 18.7 Å². The van der Waals surface area contributed by atoms with Crippen LogP contribution in [0.3, 0.4) is 0 Å². The largest absolute Gasteiger partial charge is 0.497 e. The highest BCUT2D eigenvalue weighted by Gasteiger charge is 2.31. The number of hydrogen-bond acceptors (Lipinski definition) is 6. The monoisotopic (exact) mass is 519 g/mol. The summed E-state index contributed by atoms with van der Waals surface area (Å²) in [5.74, 6) is -0.114. The second-order valence-corrected chi connectivity index (χ2v) is 10.7. The molecule has 2 aromatic rings. The average Bonchev–Trinajstić information content (AvgIpc) is 2.84. The van der Waals surface area contributed by atoms with Gasteiger partial charge in [0.1, 0.15) is 24.1 Å². The Morgan fingerprint density at radius 2 is 1.75 bits per heavy atom. The molecule has 0 heterocycles. The summed E-state index contributed by atoms with van der Waals surface area (Å²) in [5, 5.41) is 2.91. The third-order valence-corrected chi connectivity index (χ3v) is 7.06. The van der Waals surface area contributed by atoms with E-state index >= 15 is 0 Å². The molecular weight excluding hydrogens is 482 g/mol. The van der Waals surface area contributed by atoms with Crippen LogP contribution in [-0.4, -0.2) is 64.2 Å². The van der Waals surface area contributed by atoms with Crippen LogP contribution in [0.1, 0.15) is 38.3 Å². The number of carbonyl (C=O) groups is 2. The van der Waals surface area contributed by atoms with E-state index in [9.17, 15) is 18.0 Å². The fourth-order valence-electron chi connectivity index (χ4n) is 3.64. The summed E-state index contributed by atoms with van der Waals surface area (Å²) in [6.07, 6.45) is 1.76. The molecule has 0 radical (unpaired) electrons. The van der Waals surface area contributed by atoms with Crippen molar-refractivity contribution >= 4 is 27.5 Å². The molecule has 198 valence electrons. The van der Waals surface area contributed by atoms with E-state index in [2.05, 4.69) is 5.32 Å². The number of methoxy groups -OCH3 is 2. The molecule has 2 aromatic carbocycles. The highest BCUT2D eigenvalue weighted by atomic mass is 32.2. The van der Waals surface area contributed by atoms with Crippen molar-refractivity contribution in [2.45, 2.75) is 52.7 Å². The Balaban J connectivity index is 2.46. The molecule has 0 saturated carbocycles. The van der Waals surface area contributed by atoms with Crippen molar-refractivity contribution in [1.29, 1.82) is 0 Å². The number of ether oxygens (including phenoxy) is 2. The Morgan fingerprint density at radius 1 is 1.06 bits per heavy atom. The lowest BCUT2D eigenvalue weighted by atomic mass is 10.1. The van der Waals surface area contributed by atoms with Crippen LogP contribution in [0.4, 0.5) is 5.69 Å². The van der Waals surface area contributed by atoms with E-state index in [4.69, 9.17) is 9.47 Å².